The van der Waals surface area contributed by atoms with E-state index in [9.17, 15) is 9.90 Å². The number of aliphatic hydroxyl groups is 1. The summed E-state index contributed by atoms with van der Waals surface area (Å²) in [5.41, 5.74) is 0. The number of carboxylic acid groups (broad SMARTS) is 1. The molecule has 0 unspecified atom stereocenters. The first-order valence-corrected chi connectivity index (χ1v) is 13.6. The molecule has 0 rings (SSSR count). The lowest BCUT2D eigenvalue weighted by Crippen LogP contribution is -2.29. The minimum atomic E-state index is -0.688. The lowest BCUT2D eigenvalue weighted by atomic mass is 10.1. The van der Waals surface area contributed by atoms with Gasteiger partial charge < -0.3 is 15.1 Å². The SMILES string of the molecule is CCCCC/C=C\C/C=C\CCCCCCCCN(CCO)CCCCCCCC(=O)O. The molecule has 0 spiro atoms. The molecule has 0 aromatic carbocycles. The van der Waals surface area contributed by atoms with Gasteiger partial charge in [0.15, 0.2) is 0 Å². The molecule has 0 aromatic heterocycles. The van der Waals surface area contributed by atoms with Crippen molar-refractivity contribution < 1.29 is 15.0 Å². The van der Waals surface area contributed by atoms with E-state index in [1.165, 1.54) is 70.6 Å². The molecule has 0 atom stereocenters. The maximum atomic E-state index is 10.5. The quantitative estimate of drug-likeness (QED) is 0.111. The molecule has 0 fully saturated rings. The van der Waals surface area contributed by atoms with Crippen LogP contribution in [0.15, 0.2) is 24.3 Å². The van der Waals surface area contributed by atoms with E-state index >= 15 is 0 Å². The lowest BCUT2D eigenvalue weighted by Gasteiger charge is -2.21. The number of allylic oxidation sites excluding steroid dienone is 4. The van der Waals surface area contributed by atoms with Crippen molar-refractivity contribution in [3.05, 3.63) is 24.3 Å². The van der Waals surface area contributed by atoms with Gasteiger partial charge in [-0.15, -0.1) is 0 Å². The lowest BCUT2D eigenvalue weighted by molar-refractivity contribution is -0.137. The summed E-state index contributed by atoms with van der Waals surface area (Å²) in [5.74, 6) is -0.688. The van der Waals surface area contributed by atoms with E-state index in [0.717, 1.165) is 58.2 Å². The van der Waals surface area contributed by atoms with Crippen molar-refractivity contribution in [3.8, 4) is 0 Å². The highest BCUT2D eigenvalue weighted by atomic mass is 16.4. The Morgan fingerprint density at radius 3 is 1.69 bits per heavy atom. The summed E-state index contributed by atoms with van der Waals surface area (Å²) in [6.45, 7) is 5.41. The van der Waals surface area contributed by atoms with Gasteiger partial charge in [-0.1, -0.05) is 89.0 Å². The second kappa shape index (κ2) is 26.1. The molecule has 0 saturated carbocycles. The summed E-state index contributed by atoms with van der Waals surface area (Å²) >= 11 is 0. The minimum Gasteiger partial charge on any atom is -0.481 e. The second-order valence-corrected chi connectivity index (χ2v) is 9.06. The third-order valence-electron chi connectivity index (χ3n) is 5.96. The fraction of sp³-hybridized carbons (Fsp3) is 0.821. The van der Waals surface area contributed by atoms with E-state index in [4.69, 9.17) is 5.11 Å². The number of carboxylic acids is 1. The van der Waals surface area contributed by atoms with Crippen LogP contribution >= 0.6 is 0 Å². The van der Waals surface area contributed by atoms with Crippen molar-refractivity contribution in [1.29, 1.82) is 0 Å². The van der Waals surface area contributed by atoms with Crippen molar-refractivity contribution >= 4 is 5.97 Å². The highest BCUT2D eigenvalue weighted by Gasteiger charge is 2.04. The smallest absolute Gasteiger partial charge is 0.303 e. The summed E-state index contributed by atoms with van der Waals surface area (Å²) in [4.78, 5) is 12.9. The Kier molecular flexibility index (Phi) is 25.2. The highest BCUT2D eigenvalue weighted by Crippen LogP contribution is 2.10. The summed E-state index contributed by atoms with van der Waals surface area (Å²) in [6, 6.07) is 0. The summed E-state index contributed by atoms with van der Waals surface area (Å²) in [5, 5.41) is 17.9. The Morgan fingerprint density at radius 2 is 1.16 bits per heavy atom. The molecule has 0 aliphatic carbocycles. The third kappa shape index (κ3) is 25.1. The van der Waals surface area contributed by atoms with Gasteiger partial charge in [-0.25, -0.2) is 0 Å². The molecule has 0 aliphatic heterocycles. The highest BCUT2D eigenvalue weighted by molar-refractivity contribution is 5.66. The van der Waals surface area contributed by atoms with Crippen LogP contribution in [0.5, 0.6) is 0 Å². The number of rotatable bonds is 25. The van der Waals surface area contributed by atoms with Crippen LogP contribution in [-0.4, -0.2) is 47.3 Å². The number of carbonyl (C=O) groups is 1. The molecule has 188 valence electrons. The fourth-order valence-corrected chi connectivity index (χ4v) is 3.94. The largest absolute Gasteiger partial charge is 0.481 e. The van der Waals surface area contributed by atoms with Gasteiger partial charge in [0, 0.05) is 13.0 Å². The summed E-state index contributed by atoms with van der Waals surface area (Å²) in [6.07, 6.45) is 30.1. The van der Waals surface area contributed by atoms with Gasteiger partial charge in [-0.05, 0) is 64.5 Å². The molecule has 4 heteroatoms. The number of hydrogen-bond donors (Lipinski definition) is 2. The first-order chi connectivity index (χ1) is 15.7. The van der Waals surface area contributed by atoms with Crippen LogP contribution < -0.4 is 0 Å². The molecular formula is C28H53NO3. The first-order valence-electron chi connectivity index (χ1n) is 13.6. The topological polar surface area (TPSA) is 60.8 Å². The number of hydrogen-bond acceptors (Lipinski definition) is 3. The molecule has 0 radical (unpaired) electrons. The Bertz CT molecular complexity index is 448. The Hall–Kier alpha value is -1.13. The number of unbranched alkanes of at least 4 members (excludes halogenated alkanes) is 13. The fourth-order valence-electron chi connectivity index (χ4n) is 3.94. The van der Waals surface area contributed by atoms with Gasteiger partial charge in [0.25, 0.3) is 0 Å². The average Bonchev–Trinajstić information content (AvgIpc) is 2.77. The Balaban J connectivity index is 3.49. The summed E-state index contributed by atoms with van der Waals surface area (Å²) in [7, 11) is 0. The first kappa shape index (κ1) is 30.9. The monoisotopic (exact) mass is 451 g/mol. The number of aliphatic carboxylic acids is 1. The molecule has 0 heterocycles. The van der Waals surface area contributed by atoms with Crippen molar-refractivity contribution in [2.45, 2.75) is 122 Å². The molecule has 4 nitrogen and oxygen atoms in total. The standard InChI is InChI=1S/C28H53NO3/c1-2-3-4-5-6-7-8-9-10-11-12-13-14-15-18-21-24-29(26-27-30)25-22-19-16-17-20-23-28(31)32/h6-7,9-10,30H,2-5,8,11-27H2,1H3,(H,31,32)/b7-6-,10-9-. The van der Waals surface area contributed by atoms with Gasteiger partial charge in [-0.2, -0.15) is 0 Å². The zero-order valence-electron chi connectivity index (χ0n) is 21.1. The van der Waals surface area contributed by atoms with E-state index in [-0.39, 0.29) is 6.61 Å². The van der Waals surface area contributed by atoms with Crippen LogP contribution in [0.25, 0.3) is 0 Å². The van der Waals surface area contributed by atoms with Gasteiger partial charge >= 0.3 is 5.97 Å². The van der Waals surface area contributed by atoms with Crippen molar-refractivity contribution in [1.82, 2.24) is 4.90 Å². The molecule has 2 N–H and O–H groups in total. The van der Waals surface area contributed by atoms with E-state index in [1.807, 2.05) is 0 Å². The number of nitrogens with zero attached hydrogens (tertiary/aromatic N) is 1. The van der Waals surface area contributed by atoms with Crippen LogP contribution in [0.1, 0.15) is 122 Å². The molecule has 0 aliphatic rings. The Labute approximate surface area is 199 Å². The van der Waals surface area contributed by atoms with Gasteiger partial charge in [0.1, 0.15) is 0 Å². The predicted octanol–water partition coefficient (Wildman–Crippen LogP) is 7.52. The molecule has 32 heavy (non-hydrogen) atoms. The van der Waals surface area contributed by atoms with Gasteiger partial charge in [0.2, 0.25) is 0 Å². The molecule has 0 amide bonds. The van der Waals surface area contributed by atoms with Gasteiger partial charge in [0.05, 0.1) is 6.61 Å². The molecule has 0 aromatic rings. The second-order valence-electron chi connectivity index (χ2n) is 9.06. The van der Waals surface area contributed by atoms with Crippen LogP contribution in [0.2, 0.25) is 0 Å². The van der Waals surface area contributed by atoms with E-state index in [1.54, 1.807) is 0 Å². The predicted molar refractivity (Wildman–Crippen MR) is 138 cm³/mol. The minimum absolute atomic E-state index is 0.237. The van der Waals surface area contributed by atoms with Gasteiger partial charge in [-0.3, -0.25) is 4.79 Å². The zero-order chi connectivity index (χ0) is 23.5. The maximum Gasteiger partial charge on any atom is 0.303 e. The van der Waals surface area contributed by atoms with Crippen LogP contribution in [0.3, 0.4) is 0 Å². The van der Waals surface area contributed by atoms with E-state index in [0.29, 0.717) is 6.42 Å². The average molecular weight is 452 g/mol. The normalized spacial score (nSPS) is 12.0. The zero-order valence-corrected chi connectivity index (χ0v) is 21.1. The van der Waals surface area contributed by atoms with Crippen LogP contribution in [0, 0.1) is 0 Å². The summed E-state index contributed by atoms with van der Waals surface area (Å²) < 4.78 is 0. The number of aliphatic hydroxyl groups excluding tert-OH is 1. The third-order valence-corrected chi connectivity index (χ3v) is 5.96. The van der Waals surface area contributed by atoms with Crippen LogP contribution in [-0.2, 0) is 4.79 Å². The van der Waals surface area contributed by atoms with Crippen molar-refractivity contribution in [3.63, 3.8) is 0 Å². The van der Waals surface area contributed by atoms with E-state index in [2.05, 4.69) is 36.1 Å². The maximum absolute atomic E-state index is 10.5. The van der Waals surface area contributed by atoms with Crippen molar-refractivity contribution in [2.75, 3.05) is 26.2 Å². The molecule has 0 bridgehead atoms. The Morgan fingerprint density at radius 1 is 0.656 bits per heavy atom. The van der Waals surface area contributed by atoms with Crippen molar-refractivity contribution in [2.24, 2.45) is 0 Å². The van der Waals surface area contributed by atoms with Crippen LogP contribution in [0.4, 0.5) is 0 Å². The van der Waals surface area contributed by atoms with E-state index < -0.39 is 5.97 Å². The molecule has 0 saturated heterocycles. The molecular weight excluding hydrogens is 398 g/mol.